The Balaban J connectivity index is 1.82. The minimum absolute atomic E-state index is 0.237. The number of carbonyl (C=O) groups is 2. The molecular formula is C19H25NO5. The maximum Gasteiger partial charge on any atom is 0.415 e. The molecule has 2 atom stereocenters. The van der Waals surface area contributed by atoms with Gasteiger partial charge in [0.1, 0.15) is 11.4 Å². The highest BCUT2D eigenvalue weighted by Crippen LogP contribution is 2.47. The van der Waals surface area contributed by atoms with Gasteiger partial charge in [0.25, 0.3) is 0 Å². The van der Waals surface area contributed by atoms with Gasteiger partial charge in [0.05, 0.1) is 31.4 Å². The molecule has 25 heavy (non-hydrogen) atoms. The number of carbonyl (C=O) groups excluding carboxylic acids is 2. The molecule has 6 heteroatoms. The highest BCUT2D eigenvalue weighted by atomic mass is 16.6. The summed E-state index contributed by atoms with van der Waals surface area (Å²) in [4.78, 5) is 26.3. The number of rotatable bonds is 4. The molecule has 2 fully saturated rings. The van der Waals surface area contributed by atoms with E-state index in [1.807, 2.05) is 38.1 Å². The number of nitrogens with zero attached hydrogens (tertiary/aromatic N) is 1. The van der Waals surface area contributed by atoms with Crippen molar-refractivity contribution in [3.63, 3.8) is 0 Å². The zero-order valence-electron chi connectivity index (χ0n) is 15.0. The summed E-state index contributed by atoms with van der Waals surface area (Å²) in [7, 11) is 1.40. The van der Waals surface area contributed by atoms with Crippen molar-refractivity contribution in [3.8, 4) is 5.75 Å². The van der Waals surface area contributed by atoms with Crippen molar-refractivity contribution in [2.75, 3.05) is 25.2 Å². The smallest absolute Gasteiger partial charge is 0.415 e. The topological polar surface area (TPSA) is 65.1 Å². The number of esters is 1. The van der Waals surface area contributed by atoms with Crippen LogP contribution in [0, 0.1) is 5.41 Å². The Kier molecular flexibility index (Phi) is 4.62. The fourth-order valence-corrected chi connectivity index (χ4v) is 4.06. The quantitative estimate of drug-likeness (QED) is 0.780. The van der Waals surface area contributed by atoms with Crippen LogP contribution in [0.3, 0.4) is 0 Å². The number of hydrogen-bond acceptors (Lipinski definition) is 5. The van der Waals surface area contributed by atoms with Gasteiger partial charge in [-0.25, -0.2) is 4.79 Å². The predicted molar refractivity (Wildman–Crippen MR) is 92.8 cm³/mol. The van der Waals surface area contributed by atoms with Crippen molar-refractivity contribution in [1.29, 1.82) is 0 Å². The summed E-state index contributed by atoms with van der Waals surface area (Å²) in [5, 5.41) is 0. The molecule has 1 aliphatic heterocycles. The van der Waals surface area contributed by atoms with E-state index in [1.165, 1.54) is 7.11 Å². The van der Waals surface area contributed by atoms with Gasteiger partial charge in [-0.1, -0.05) is 6.07 Å². The first kappa shape index (κ1) is 17.6. The molecule has 3 rings (SSSR count). The third-order valence-electron chi connectivity index (χ3n) is 5.16. The molecule has 1 aromatic rings. The summed E-state index contributed by atoms with van der Waals surface area (Å²) >= 11 is 0. The lowest BCUT2D eigenvalue weighted by atomic mass is 9.68. The SMILES string of the molecule is CCOc1cccc(N2C[C@@]3(CCC[C@](C)(C(=O)OC)C3)OC2=O)c1. The molecule has 2 aliphatic rings. The highest BCUT2D eigenvalue weighted by molar-refractivity contribution is 5.90. The molecule has 0 bridgehead atoms. The van der Waals surface area contributed by atoms with Crippen LogP contribution >= 0.6 is 0 Å². The number of anilines is 1. The minimum atomic E-state index is -0.639. The number of amides is 1. The van der Waals surface area contributed by atoms with Crippen LogP contribution in [-0.2, 0) is 14.3 Å². The van der Waals surface area contributed by atoms with Gasteiger partial charge >= 0.3 is 12.1 Å². The zero-order chi connectivity index (χ0) is 18.1. The lowest BCUT2D eigenvalue weighted by Crippen LogP contribution is -2.47. The molecule has 1 saturated heterocycles. The van der Waals surface area contributed by atoms with Crippen LogP contribution in [0.15, 0.2) is 24.3 Å². The lowest BCUT2D eigenvalue weighted by Gasteiger charge is -2.40. The molecule has 1 aliphatic carbocycles. The van der Waals surface area contributed by atoms with Gasteiger partial charge in [-0.2, -0.15) is 0 Å². The van der Waals surface area contributed by atoms with E-state index in [2.05, 4.69) is 0 Å². The van der Waals surface area contributed by atoms with Crippen LogP contribution in [0.5, 0.6) is 5.75 Å². The molecule has 136 valence electrons. The average molecular weight is 347 g/mol. The van der Waals surface area contributed by atoms with Crippen LogP contribution in [0.4, 0.5) is 10.5 Å². The second-order valence-electron chi connectivity index (χ2n) is 7.15. The normalized spacial score (nSPS) is 28.8. The van der Waals surface area contributed by atoms with Gasteiger partial charge in [-0.05, 0) is 45.2 Å². The summed E-state index contributed by atoms with van der Waals surface area (Å²) in [5.74, 6) is 0.483. The summed E-state index contributed by atoms with van der Waals surface area (Å²) < 4.78 is 16.3. The van der Waals surface area contributed by atoms with E-state index in [4.69, 9.17) is 14.2 Å². The Labute approximate surface area is 148 Å². The van der Waals surface area contributed by atoms with Gasteiger partial charge in [-0.15, -0.1) is 0 Å². The molecule has 1 spiro atoms. The Morgan fingerprint density at radius 3 is 2.88 bits per heavy atom. The fraction of sp³-hybridized carbons (Fsp3) is 0.579. The monoisotopic (exact) mass is 347 g/mol. The minimum Gasteiger partial charge on any atom is -0.494 e. The molecule has 1 aromatic carbocycles. The van der Waals surface area contributed by atoms with Crippen LogP contribution < -0.4 is 9.64 Å². The summed E-state index contributed by atoms with van der Waals surface area (Å²) in [6.07, 6.45) is 2.44. The van der Waals surface area contributed by atoms with Crippen LogP contribution in [0.25, 0.3) is 0 Å². The first-order chi connectivity index (χ1) is 11.9. The molecular weight excluding hydrogens is 322 g/mol. The van der Waals surface area contributed by atoms with E-state index in [0.29, 0.717) is 19.6 Å². The first-order valence-corrected chi connectivity index (χ1v) is 8.73. The van der Waals surface area contributed by atoms with E-state index in [9.17, 15) is 9.59 Å². The second kappa shape index (κ2) is 6.58. The van der Waals surface area contributed by atoms with E-state index < -0.39 is 11.0 Å². The Bertz CT molecular complexity index is 676. The number of methoxy groups -OCH3 is 1. The van der Waals surface area contributed by atoms with Gasteiger partial charge in [-0.3, -0.25) is 9.69 Å². The van der Waals surface area contributed by atoms with Crippen molar-refractivity contribution in [3.05, 3.63) is 24.3 Å². The van der Waals surface area contributed by atoms with Gasteiger partial charge < -0.3 is 14.2 Å². The Hall–Kier alpha value is -2.24. The molecule has 0 radical (unpaired) electrons. The van der Waals surface area contributed by atoms with Gasteiger partial charge in [0.15, 0.2) is 0 Å². The summed E-state index contributed by atoms with van der Waals surface area (Å²) in [5.41, 5.74) is -0.505. The summed E-state index contributed by atoms with van der Waals surface area (Å²) in [6, 6.07) is 7.42. The summed E-state index contributed by atoms with van der Waals surface area (Å²) in [6.45, 7) is 4.82. The van der Waals surface area contributed by atoms with Crippen LogP contribution in [-0.4, -0.2) is 37.9 Å². The predicted octanol–water partition coefficient (Wildman–Crippen LogP) is 3.53. The zero-order valence-corrected chi connectivity index (χ0v) is 15.0. The molecule has 1 heterocycles. The molecule has 1 amide bonds. The Morgan fingerprint density at radius 2 is 2.16 bits per heavy atom. The maximum atomic E-state index is 12.5. The average Bonchev–Trinajstić information content (AvgIpc) is 2.90. The molecule has 6 nitrogen and oxygen atoms in total. The van der Waals surface area contributed by atoms with E-state index in [-0.39, 0.29) is 12.1 Å². The van der Waals surface area contributed by atoms with Crippen molar-refractivity contribution >= 4 is 17.7 Å². The third kappa shape index (κ3) is 3.30. The number of benzene rings is 1. The van der Waals surface area contributed by atoms with E-state index in [1.54, 1.807) is 4.90 Å². The largest absolute Gasteiger partial charge is 0.494 e. The molecule has 0 N–H and O–H groups in total. The van der Waals surface area contributed by atoms with Crippen LogP contribution in [0.2, 0.25) is 0 Å². The third-order valence-corrected chi connectivity index (χ3v) is 5.16. The second-order valence-corrected chi connectivity index (χ2v) is 7.15. The van der Waals surface area contributed by atoms with Crippen LogP contribution in [0.1, 0.15) is 39.5 Å². The van der Waals surface area contributed by atoms with E-state index in [0.717, 1.165) is 30.7 Å². The standard InChI is InChI=1S/C19H25NO5/c1-4-24-15-8-5-7-14(11-15)20-13-19(25-17(20)22)10-6-9-18(2,12-19)16(21)23-3/h5,7-8,11H,4,6,9-10,12-13H2,1-3H3/t18-,19-/m0/s1. The highest BCUT2D eigenvalue weighted by Gasteiger charge is 2.54. The number of hydrogen-bond donors (Lipinski definition) is 0. The Morgan fingerprint density at radius 1 is 1.36 bits per heavy atom. The van der Waals surface area contributed by atoms with Crippen molar-refractivity contribution in [2.45, 2.75) is 45.1 Å². The van der Waals surface area contributed by atoms with Gasteiger partial charge in [0, 0.05) is 12.5 Å². The van der Waals surface area contributed by atoms with Gasteiger partial charge in [0.2, 0.25) is 0 Å². The first-order valence-electron chi connectivity index (χ1n) is 8.73. The molecule has 0 unspecified atom stereocenters. The molecule has 1 saturated carbocycles. The maximum absolute atomic E-state index is 12.5. The fourth-order valence-electron chi connectivity index (χ4n) is 4.06. The number of ether oxygens (including phenoxy) is 3. The molecule has 0 aromatic heterocycles. The van der Waals surface area contributed by atoms with Crippen molar-refractivity contribution < 1.29 is 23.8 Å². The van der Waals surface area contributed by atoms with E-state index >= 15 is 0 Å². The van der Waals surface area contributed by atoms with Crippen molar-refractivity contribution in [2.24, 2.45) is 5.41 Å². The lowest BCUT2D eigenvalue weighted by molar-refractivity contribution is -0.158. The van der Waals surface area contributed by atoms with Crippen molar-refractivity contribution in [1.82, 2.24) is 0 Å².